The Bertz CT molecular complexity index is 684. The second-order valence-corrected chi connectivity index (χ2v) is 4.78. The third-order valence-electron chi connectivity index (χ3n) is 3.18. The van der Waals surface area contributed by atoms with Gasteiger partial charge in [-0.2, -0.15) is 0 Å². The fraction of sp³-hybridized carbons (Fsp3) is 0.0526. The summed E-state index contributed by atoms with van der Waals surface area (Å²) in [5, 5.41) is 4.31. The van der Waals surface area contributed by atoms with Crippen molar-refractivity contribution >= 4 is 5.71 Å². The first-order valence-electron chi connectivity index (χ1n) is 7.14. The zero-order valence-electron chi connectivity index (χ0n) is 12.1. The van der Waals surface area contributed by atoms with Crippen LogP contribution in [0.5, 0.6) is 0 Å². The number of hydrogen-bond donors (Lipinski definition) is 0. The van der Waals surface area contributed by atoms with E-state index in [0.29, 0.717) is 6.61 Å². The highest BCUT2D eigenvalue weighted by Crippen LogP contribution is 2.10. The number of benzene rings is 2. The smallest absolute Gasteiger partial charge is 0.142 e. The quantitative estimate of drug-likeness (QED) is 0.524. The van der Waals surface area contributed by atoms with Gasteiger partial charge >= 0.3 is 0 Å². The van der Waals surface area contributed by atoms with Crippen LogP contribution in [0, 0.1) is 0 Å². The molecule has 0 saturated heterocycles. The molecule has 0 saturated carbocycles. The molecule has 3 heteroatoms. The molecule has 1 aromatic heterocycles. The monoisotopic (exact) mass is 288 g/mol. The average Bonchev–Trinajstić information content (AvgIpc) is 2.61. The topological polar surface area (TPSA) is 34.5 Å². The fourth-order valence-corrected chi connectivity index (χ4v) is 2.09. The van der Waals surface area contributed by atoms with E-state index >= 15 is 0 Å². The Hall–Kier alpha value is -2.94. The number of aromatic nitrogens is 1. The fourth-order valence-electron chi connectivity index (χ4n) is 2.09. The van der Waals surface area contributed by atoms with Gasteiger partial charge in [0.15, 0.2) is 0 Å². The van der Waals surface area contributed by atoms with Crippen LogP contribution in [0.1, 0.15) is 16.8 Å². The van der Waals surface area contributed by atoms with Crippen LogP contribution in [0.15, 0.2) is 90.2 Å². The Balaban J connectivity index is 1.84. The van der Waals surface area contributed by atoms with Gasteiger partial charge in [-0.15, -0.1) is 0 Å². The summed E-state index contributed by atoms with van der Waals surface area (Å²) in [6.07, 6.45) is 1.75. The Morgan fingerprint density at radius 2 is 1.50 bits per heavy atom. The molecule has 0 aliphatic rings. The average molecular weight is 288 g/mol. The summed E-state index contributed by atoms with van der Waals surface area (Å²) >= 11 is 0. The Morgan fingerprint density at radius 1 is 0.818 bits per heavy atom. The Kier molecular flexibility index (Phi) is 4.57. The van der Waals surface area contributed by atoms with Crippen molar-refractivity contribution in [2.45, 2.75) is 6.61 Å². The van der Waals surface area contributed by atoms with Gasteiger partial charge in [-0.05, 0) is 17.7 Å². The molecule has 0 radical (unpaired) electrons. The van der Waals surface area contributed by atoms with Crippen molar-refractivity contribution in [1.82, 2.24) is 4.98 Å². The van der Waals surface area contributed by atoms with Crippen molar-refractivity contribution in [3.05, 3.63) is 102 Å². The lowest BCUT2D eigenvalue weighted by atomic mass is 10.1. The van der Waals surface area contributed by atoms with Gasteiger partial charge in [0.05, 0.1) is 5.69 Å². The molecule has 3 nitrogen and oxygen atoms in total. The van der Waals surface area contributed by atoms with Crippen LogP contribution < -0.4 is 0 Å². The predicted molar refractivity (Wildman–Crippen MR) is 87.5 cm³/mol. The van der Waals surface area contributed by atoms with Crippen molar-refractivity contribution in [3.8, 4) is 0 Å². The molecule has 0 amide bonds. The summed E-state index contributed by atoms with van der Waals surface area (Å²) in [5.74, 6) is 0. The van der Waals surface area contributed by atoms with E-state index in [9.17, 15) is 0 Å². The third kappa shape index (κ3) is 3.58. The molecule has 0 bridgehead atoms. The van der Waals surface area contributed by atoms with Crippen molar-refractivity contribution in [2.24, 2.45) is 5.16 Å². The molecule has 0 N–H and O–H groups in total. The van der Waals surface area contributed by atoms with Gasteiger partial charge in [0, 0.05) is 11.8 Å². The summed E-state index contributed by atoms with van der Waals surface area (Å²) in [4.78, 5) is 9.91. The minimum atomic E-state index is 0.435. The van der Waals surface area contributed by atoms with Crippen LogP contribution in [0.3, 0.4) is 0 Å². The van der Waals surface area contributed by atoms with Crippen LogP contribution in [-0.4, -0.2) is 10.7 Å². The molecule has 3 aromatic rings. The summed E-state index contributed by atoms with van der Waals surface area (Å²) in [5.41, 5.74) is 3.59. The van der Waals surface area contributed by atoms with Crippen LogP contribution in [0.25, 0.3) is 0 Å². The van der Waals surface area contributed by atoms with E-state index in [2.05, 4.69) is 10.1 Å². The molecule has 1 heterocycles. The second kappa shape index (κ2) is 7.18. The maximum Gasteiger partial charge on any atom is 0.142 e. The van der Waals surface area contributed by atoms with E-state index in [4.69, 9.17) is 4.84 Å². The van der Waals surface area contributed by atoms with Crippen LogP contribution >= 0.6 is 0 Å². The predicted octanol–water partition coefficient (Wildman–Crippen LogP) is 4.05. The van der Waals surface area contributed by atoms with Gasteiger partial charge in [0.25, 0.3) is 0 Å². The molecular formula is C19H16N2O. The summed E-state index contributed by atoms with van der Waals surface area (Å²) in [6.45, 7) is 0.435. The molecule has 0 fully saturated rings. The van der Waals surface area contributed by atoms with E-state index in [0.717, 1.165) is 22.5 Å². The first kappa shape index (κ1) is 14.0. The van der Waals surface area contributed by atoms with E-state index in [-0.39, 0.29) is 0 Å². The van der Waals surface area contributed by atoms with Crippen LogP contribution in [0.2, 0.25) is 0 Å². The van der Waals surface area contributed by atoms with Gasteiger partial charge in [-0.1, -0.05) is 71.9 Å². The highest BCUT2D eigenvalue weighted by atomic mass is 16.6. The number of nitrogens with zero attached hydrogens (tertiary/aromatic N) is 2. The van der Waals surface area contributed by atoms with Crippen molar-refractivity contribution in [1.29, 1.82) is 0 Å². The van der Waals surface area contributed by atoms with E-state index in [1.807, 2.05) is 78.9 Å². The number of hydrogen-bond acceptors (Lipinski definition) is 3. The summed E-state index contributed by atoms with van der Waals surface area (Å²) in [6, 6.07) is 25.7. The normalized spacial score (nSPS) is 11.2. The molecule has 0 aliphatic heterocycles. The minimum Gasteiger partial charge on any atom is -0.390 e. The van der Waals surface area contributed by atoms with E-state index < -0.39 is 0 Å². The highest BCUT2D eigenvalue weighted by Gasteiger charge is 2.08. The molecule has 3 rings (SSSR count). The maximum absolute atomic E-state index is 5.54. The minimum absolute atomic E-state index is 0.435. The van der Waals surface area contributed by atoms with Gasteiger partial charge in [0.2, 0.25) is 0 Å². The van der Waals surface area contributed by atoms with Crippen LogP contribution in [-0.2, 0) is 11.4 Å². The lowest BCUT2D eigenvalue weighted by Crippen LogP contribution is -2.06. The summed E-state index contributed by atoms with van der Waals surface area (Å²) in [7, 11) is 0. The largest absolute Gasteiger partial charge is 0.390 e. The zero-order valence-corrected chi connectivity index (χ0v) is 12.1. The second-order valence-electron chi connectivity index (χ2n) is 4.78. The molecule has 2 aromatic carbocycles. The molecule has 0 atom stereocenters. The SMILES string of the molecule is c1ccc(CO/N=C(/c2ccccc2)c2ccccn2)cc1. The highest BCUT2D eigenvalue weighted by molar-refractivity contribution is 6.11. The molecule has 0 spiro atoms. The van der Waals surface area contributed by atoms with Crippen LogP contribution in [0.4, 0.5) is 0 Å². The lowest BCUT2D eigenvalue weighted by Gasteiger charge is -2.06. The Morgan fingerprint density at radius 3 is 2.18 bits per heavy atom. The van der Waals surface area contributed by atoms with E-state index in [1.165, 1.54) is 0 Å². The molecule has 108 valence electrons. The number of rotatable bonds is 5. The van der Waals surface area contributed by atoms with Crippen molar-refractivity contribution in [2.75, 3.05) is 0 Å². The first-order chi connectivity index (χ1) is 10.9. The Labute approximate surface area is 129 Å². The molecule has 0 aliphatic carbocycles. The summed E-state index contributed by atoms with van der Waals surface area (Å²) < 4.78 is 0. The molecule has 0 unspecified atom stereocenters. The van der Waals surface area contributed by atoms with Crippen molar-refractivity contribution in [3.63, 3.8) is 0 Å². The van der Waals surface area contributed by atoms with Gasteiger partial charge in [-0.25, -0.2) is 0 Å². The van der Waals surface area contributed by atoms with E-state index in [1.54, 1.807) is 6.20 Å². The third-order valence-corrected chi connectivity index (χ3v) is 3.18. The number of oxime groups is 1. The molecule has 22 heavy (non-hydrogen) atoms. The van der Waals surface area contributed by atoms with Crippen molar-refractivity contribution < 1.29 is 4.84 Å². The maximum atomic E-state index is 5.54. The van der Waals surface area contributed by atoms with Gasteiger partial charge in [-0.3, -0.25) is 4.98 Å². The zero-order chi connectivity index (χ0) is 15.0. The standard InChI is InChI=1S/C19H16N2O/c1-3-9-16(10-4-1)15-22-21-19(17-11-5-2-6-12-17)18-13-7-8-14-20-18/h1-14H,15H2/b21-19-. The van der Waals surface area contributed by atoms with Gasteiger partial charge in [0.1, 0.15) is 12.3 Å². The van der Waals surface area contributed by atoms with Gasteiger partial charge < -0.3 is 4.84 Å². The number of pyridine rings is 1. The molecular weight excluding hydrogens is 272 g/mol. The lowest BCUT2D eigenvalue weighted by molar-refractivity contribution is 0.131. The first-order valence-corrected chi connectivity index (χ1v) is 7.14.